The molecule has 1 fully saturated rings. The molecule has 6 nitrogen and oxygen atoms in total. The lowest BCUT2D eigenvalue weighted by molar-refractivity contribution is 0.0350. The molecule has 0 spiro atoms. The molecule has 0 saturated carbocycles. The standard InChI is InChI=1S/C15H19N5O/c1-12-8-15(19-11-17-12)20-6-7-21-14(9-20)3-2-13-4-5-16-10-18-13/h4-5,8,10-11,14H,2-3,6-7,9H2,1H3/t14-/m0/s1. The average Bonchev–Trinajstić information content (AvgIpc) is 2.54. The third-order valence-corrected chi connectivity index (χ3v) is 3.62. The number of aromatic nitrogens is 4. The summed E-state index contributed by atoms with van der Waals surface area (Å²) in [5, 5.41) is 0. The number of hydrogen-bond acceptors (Lipinski definition) is 6. The van der Waals surface area contributed by atoms with E-state index < -0.39 is 0 Å². The Labute approximate surface area is 124 Å². The average molecular weight is 285 g/mol. The largest absolute Gasteiger partial charge is 0.375 e. The molecule has 6 heteroatoms. The van der Waals surface area contributed by atoms with Crippen LogP contribution in [0.2, 0.25) is 0 Å². The van der Waals surface area contributed by atoms with Gasteiger partial charge in [0.25, 0.3) is 0 Å². The second-order valence-corrected chi connectivity index (χ2v) is 5.20. The smallest absolute Gasteiger partial charge is 0.132 e. The molecule has 1 saturated heterocycles. The van der Waals surface area contributed by atoms with E-state index in [0.717, 1.165) is 49.7 Å². The van der Waals surface area contributed by atoms with Gasteiger partial charge in [0.2, 0.25) is 0 Å². The lowest BCUT2D eigenvalue weighted by Crippen LogP contribution is -2.43. The fraction of sp³-hybridized carbons (Fsp3) is 0.467. The quantitative estimate of drug-likeness (QED) is 0.846. The molecule has 0 aliphatic carbocycles. The van der Waals surface area contributed by atoms with Crippen molar-refractivity contribution < 1.29 is 4.74 Å². The van der Waals surface area contributed by atoms with Gasteiger partial charge in [-0.1, -0.05) is 0 Å². The number of rotatable bonds is 4. The number of ether oxygens (including phenoxy) is 1. The Morgan fingerprint density at radius 1 is 1.29 bits per heavy atom. The Morgan fingerprint density at radius 3 is 3.05 bits per heavy atom. The van der Waals surface area contributed by atoms with Gasteiger partial charge in [-0.3, -0.25) is 0 Å². The van der Waals surface area contributed by atoms with Gasteiger partial charge in [0.15, 0.2) is 0 Å². The third kappa shape index (κ3) is 3.72. The molecule has 0 amide bonds. The van der Waals surface area contributed by atoms with Crippen LogP contribution in [0.1, 0.15) is 17.8 Å². The van der Waals surface area contributed by atoms with Crippen molar-refractivity contribution in [3.63, 3.8) is 0 Å². The topological polar surface area (TPSA) is 64.0 Å². The Hall–Kier alpha value is -2.08. The van der Waals surface area contributed by atoms with Gasteiger partial charge < -0.3 is 9.64 Å². The Balaban J connectivity index is 1.58. The first-order valence-corrected chi connectivity index (χ1v) is 7.21. The number of aryl methyl sites for hydroxylation is 2. The van der Waals surface area contributed by atoms with E-state index in [1.165, 1.54) is 0 Å². The van der Waals surface area contributed by atoms with Crippen molar-refractivity contribution in [2.24, 2.45) is 0 Å². The van der Waals surface area contributed by atoms with Gasteiger partial charge in [-0.15, -0.1) is 0 Å². The predicted octanol–water partition coefficient (Wildman–Crippen LogP) is 1.41. The summed E-state index contributed by atoms with van der Waals surface area (Å²) in [6.07, 6.45) is 7.06. The van der Waals surface area contributed by atoms with Crippen molar-refractivity contribution in [1.82, 2.24) is 19.9 Å². The molecule has 0 aromatic carbocycles. The van der Waals surface area contributed by atoms with E-state index >= 15 is 0 Å². The molecular weight excluding hydrogens is 266 g/mol. The van der Waals surface area contributed by atoms with E-state index in [2.05, 4.69) is 24.8 Å². The molecule has 0 bridgehead atoms. The molecule has 3 heterocycles. The second kappa shape index (κ2) is 6.58. The molecule has 2 aromatic rings. The van der Waals surface area contributed by atoms with Crippen LogP contribution in [0.3, 0.4) is 0 Å². The first-order chi connectivity index (χ1) is 10.3. The molecule has 0 N–H and O–H groups in total. The summed E-state index contributed by atoms with van der Waals surface area (Å²) in [4.78, 5) is 19.0. The summed E-state index contributed by atoms with van der Waals surface area (Å²) in [6, 6.07) is 3.97. The number of hydrogen-bond donors (Lipinski definition) is 0. The third-order valence-electron chi connectivity index (χ3n) is 3.62. The van der Waals surface area contributed by atoms with Crippen molar-refractivity contribution in [2.75, 3.05) is 24.6 Å². The number of anilines is 1. The summed E-state index contributed by atoms with van der Waals surface area (Å²) >= 11 is 0. The highest BCUT2D eigenvalue weighted by Crippen LogP contribution is 2.17. The minimum absolute atomic E-state index is 0.212. The van der Waals surface area contributed by atoms with E-state index in [4.69, 9.17) is 4.74 Å². The second-order valence-electron chi connectivity index (χ2n) is 5.20. The first kappa shape index (κ1) is 13.9. The van der Waals surface area contributed by atoms with Gasteiger partial charge in [0.05, 0.1) is 12.7 Å². The maximum atomic E-state index is 5.85. The summed E-state index contributed by atoms with van der Waals surface area (Å²) in [7, 11) is 0. The summed E-state index contributed by atoms with van der Waals surface area (Å²) < 4.78 is 5.85. The highest BCUT2D eigenvalue weighted by Gasteiger charge is 2.21. The van der Waals surface area contributed by atoms with E-state index in [1.807, 2.05) is 19.1 Å². The van der Waals surface area contributed by atoms with Crippen LogP contribution in [0, 0.1) is 6.92 Å². The van der Waals surface area contributed by atoms with Crippen LogP contribution in [0.25, 0.3) is 0 Å². The fourth-order valence-electron chi connectivity index (χ4n) is 2.49. The lowest BCUT2D eigenvalue weighted by atomic mass is 10.1. The van der Waals surface area contributed by atoms with Gasteiger partial charge in [-0.25, -0.2) is 19.9 Å². The highest BCUT2D eigenvalue weighted by atomic mass is 16.5. The molecule has 1 aliphatic rings. The van der Waals surface area contributed by atoms with Gasteiger partial charge in [-0.05, 0) is 25.8 Å². The zero-order valence-electron chi connectivity index (χ0n) is 12.1. The molecule has 2 aromatic heterocycles. The molecule has 110 valence electrons. The number of morpholine rings is 1. The van der Waals surface area contributed by atoms with Gasteiger partial charge >= 0.3 is 0 Å². The van der Waals surface area contributed by atoms with E-state index in [0.29, 0.717) is 0 Å². The molecule has 21 heavy (non-hydrogen) atoms. The highest BCUT2D eigenvalue weighted by molar-refractivity contribution is 5.39. The first-order valence-electron chi connectivity index (χ1n) is 7.21. The van der Waals surface area contributed by atoms with Crippen LogP contribution < -0.4 is 4.90 Å². The maximum Gasteiger partial charge on any atom is 0.132 e. The molecular formula is C15H19N5O. The van der Waals surface area contributed by atoms with Crippen molar-refractivity contribution >= 4 is 5.82 Å². The van der Waals surface area contributed by atoms with Crippen molar-refractivity contribution in [3.8, 4) is 0 Å². The normalized spacial score (nSPS) is 18.7. The molecule has 0 radical (unpaired) electrons. The Bertz CT molecular complexity index is 577. The summed E-state index contributed by atoms with van der Waals surface area (Å²) in [6.45, 7) is 4.46. The van der Waals surface area contributed by atoms with Crippen LogP contribution >= 0.6 is 0 Å². The predicted molar refractivity (Wildman–Crippen MR) is 79.1 cm³/mol. The summed E-state index contributed by atoms with van der Waals surface area (Å²) in [5.74, 6) is 0.984. The van der Waals surface area contributed by atoms with Crippen LogP contribution in [-0.4, -0.2) is 45.7 Å². The van der Waals surface area contributed by atoms with Gasteiger partial charge in [-0.2, -0.15) is 0 Å². The molecule has 1 atom stereocenters. The van der Waals surface area contributed by atoms with Gasteiger partial charge in [0.1, 0.15) is 18.5 Å². The minimum atomic E-state index is 0.212. The van der Waals surface area contributed by atoms with E-state index in [9.17, 15) is 0 Å². The zero-order chi connectivity index (χ0) is 14.5. The van der Waals surface area contributed by atoms with E-state index in [-0.39, 0.29) is 6.10 Å². The Morgan fingerprint density at radius 2 is 2.24 bits per heavy atom. The van der Waals surface area contributed by atoms with E-state index in [1.54, 1.807) is 18.9 Å². The fourth-order valence-corrected chi connectivity index (χ4v) is 2.49. The zero-order valence-corrected chi connectivity index (χ0v) is 12.1. The van der Waals surface area contributed by atoms with Crippen molar-refractivity contribution in [2.45, 2.75) is 25.9 Å². The lowest BCUT2D eigenvalue weighted by Gasteiger charge is -2.33. The number of nitrogens with zero attached hydrogens (tertiary/aromatic N) is 5. The van der Waals surface area contributed by atoms with Crippen molar-refractivity contribution in [3.05, 3.63) is 42.4 Å². The van der Waals surface area contributed by atoms with Crippen LogP contribution in [0.15, 0.2) is 31.0 Å². The van der Waals surface area contributed by atoms with Gasteiger partial charge in [0, 0.05) is 36.7 Å². The van der Waals surface area contributed by atoms with Crippen LogP contribution in [0.5, 0.6) is 0 Å². The Kier molecular flexibility index (Phi) is 4.35. The maximum absolute atomic E-state index is 5.85. The van der Waals surface area contributed by atoms with Crippen LogP contribution in [0.4, 0.5) is 5.82 Å². The monoisotopic (exact) mass is 285 g/mol. The minimum Gasteiger partial charge on any atom is -0.375 e. The summed E-state index contributed by atoms with van der Waals surface area (Å²) in [5.41, 5.74) is 2.05. The molecule has 0 unspecified atom stereocenters. The molecule has 1 aliphatic heterocycles. The van der Waals surface area contributed by atoms with Crippen LogP contribution in [-0.2, 0) is 11.2 Å². The molecule has 3 rings (SSSR count). The SMILES string of the molecule is Cc1cc(N2CCO[C@@H](CCc3ccncn3)C2)ncn1. The van der Waals surface area contributed by atoms with Crippen molar-refractivity contribution in [1.29, 1.82) is 0 Å².